The Morgan fingerprint density at radius 3 is 1.67 bits per heavy atom. The van der Waals surface area contributed by atoms with E-state index in [1.54, 1.807) is 42.4 Å². The maximum Gasteiger partial charge on any atom is 0.307 e. The molecule has 0 bridgehead atoms. The van der Waals surface area contributed by atoms with Crippen LogP contribution < -0.4 is 0 Å². The van der Waals surface area contributed by atoms with Crippen molar-refractivity contribution in [2.24, 2.45) is 0 Å². The number of nitrogens with zero attached hydrogens (tertiary/aromatic N) is 12. The van der Waals surface area contributed by atoms with Crippen molar-refractivity contribution in [2.75, 3.05) is 0 Å². The van der Waals surface area contributed by atoms with Gasteiger partial charge in [-0.15, -0.1) is 20.4 Å². The summed E-state index contributed by atoms with van der Waals surface area (Å²) < 4.78 is 73.3. The van der Waals surface area contributed by atoms with Gasteiger partial charge in [-0.3, -0.25) is 8.80 Å². The second kappa shape index (κ2) is 15.9. The standard InChI is InChI=1S/C19H14F2N6O.C11H5F2IN2O.C8H9IN4/c1-10(2)18-24-23-15-6-5-14(25-27(15)18)17-16(22-19-26(17)7-8-28-19)12-4-3-11(20)9-13(12)21;12-6-1-2-7(8(13)5-6)9-10(14)16-3-4-17-11(16)15-9;1-5(2)8-11-10-7-4-3-6(9)12-13(7)8/h3-10H,1-2H3;1-5H;3-5H,1-2H3. The maximum absolute atomic E-state index is 14.5. The second-order valence-electron chi connectivity index (χ2n) is 13.3. The molecule has 294 valence electrons. The number of benzene rings is 2. The van der Waals surface area contributed by atoms with E-state index < -0.39 is 23.3 Å². The number of halogens is 6. The van der Waals surface area contributed by atoms with Crippen molar-refractivity contribution in [2.45, 2.75) is 39.5 Å². The largest absolute Gasteiger partial charge is 0.432 e. The van der Waals surface area contributed by atoms with Gasteiger partial charge in [-0.25, -0.2) is 17.6 Å². The topological polar surface area (TPSA) is 147 Å². The Morgan fingerprint density at radius 1 is 0.586 bits per heavy atom. The van der Waals surface area contributed by atoms with Crippen molar-refractivity contribution in [3.63, 3.8) is 0 Å². The Kier molecular flexibility index (Phi) is 10.7. The summed E-state index contributed by atoms with van der Waals surface area (Å²) in [5.74, 6) is 0.135. The number of aromatic nitrogens is 12. The van der Waals surface area contributed by atoms with E-state index in [0.29, 0.717) is 46.0 Å². The van der Waals surface area contributed by atoms with E-state index in [0.717, 1.165) is 31.0 Å². The average molecular weight is 1010 g/mol. The lowest BCUT2D eigenvalue weighted by Crippen LogP contribution is -2.03. The molecule has 0 atom stereocenters. The molecule has 8 heterocycles. The highest BCUT2D eigenvalue weighted by atomic mass is 127. The molecule has 10 rings (SSSR count). The van der Waals surface area contributed by atoms with E-state index in [4.69, 9.17) is 8.83 Å². The summed E-state index contributed by atoms with van der Waals surface area (Å²) in [6.45, 7) is 8.16. The molecule has 0 fully saturated rings. The SMILES string of the molecule is CC(C)c1nnc2ccc(-c3c(-c4ccc(F)cc4F)nc4occn34)nn12.CC(C)c1nnc2ccc(I)nn12.Fc1ccc(-c2nc3occn3c2I)c(F)c1. The zero-order valence-electron chi connectivity index (χ0n) is 30.7. The maximum atomic E-state index is 14.5. The summed E-state index contributed by atoms with van der Waals surface area (Å²) in [5.41, 5.74) is 3.64. The first-order chi connectivity index (χ1) is 27.9. The normalized spacial score (nSPS) is 11.6. The Morgan fingerprint density at radius 2 is 1.10 bits per heavy atom. The van der Waals surface area contributed by atoms with Gasteiger partial charge in [0.05, 0.1) is 0 Å². The highest BCUT2D eigenvalue weighted by molar-refractivity contribution is 14.1. The molecular formula is C38H28F4I2N12O2. The van der Waals surface area contributed by atoms with Gasteiger partial charge in [-0.2, -0.15) is 29.2 Å². The van der Waals surface area contributed by atoms with Crippen LogP contribution in [0.2, 0.25) is 0 Å². The summed E-state index contributed by atoms with van der Waals surface area (Å²) in [6, 6.07) is 14.2. The minimum Gasteiger partial charge on any atom is -0.432 e. The van der Waals surface area contributed by atoms with E-state index in [2.05, 4.69) is 77.0 Å². The molecule has 58 heavy (non-hydrogen) atoms. The fraction of sp³-hybridized carbons (Fsp3) is 0.158. The van der Waals surface area contributed by atoms with Gasteiger partial charge in [0.25, 0.3) is 0 Å². The molecule has 10 aromatic rings. The smallest absolute Gasteiger partial charge is 0.307 e. The number of oxazole rings is 2. The fourth-order valence-electron chi connectivity index (χ4n) is 5.95. The van der Waals surface area contributed by atoms with Gasteiger partial charge in [0, 0.05) is 47.5 Å². The third-order valence-corrected chi connectivity index (χ3v) is 10.3. The molecule has 0 spiro atoms. The van der Waals surface area contributed by atoms with Crippen LogP contribution >= 0.6 is 45.2 Å². The Bertz CT molecular complexity index is 3090. The van der Waals surface area contributed by atoms with E-state index in [1.165, 1.54) is 36.8 Å². The summed E-state index contributed by atoms with van der Waals surface area (Å²) in [5, 5.41) is 25.4. The lowest BCUT2D eigenvalue weighted by atomic mass is 10.1. The number of fused-ring (bicyclic) bond motifs is 4. The Labute approximate surface area is 352 Å². The molecule has 0 saturated carbocycles. The van der Waals surface area contributed by atoms with Crippen LogP contribution in [-0.2, 0) is 0 Å². The summed E-state index contributed by atoms with van der Waals surface area (Å²) in [4.78, 5) is 8.55. The van der Waals surface area contributed by atoms with Crippen LogP contribution in [0.15, 0.2) is 94.4 Å². The quantitative estimate of drug-likeness (QED) is 0.121. The highest BCUT2D eigenvalue weighted by Gasteiger charge is 2.23. The summed E-state index contributed by atoms with van der Waals surface area (Å²) in [7, 11) is 0. The number of rotatable bonds is 5. The zero-order valence-corrected chi connectivity index (χ0v) is 35.0. The third kappa shape index (κ3) is 7.40. The van der Waals surface area contributed by atoms with Gasteiger partial charge in [0.1, 0.15) is 66.0 Å². The van der Waals surface area contributed by atoms with Gasteiger partial charge in [-0.1, -0.05) is 27.7 Å². The highest BCUT2D eigenvalue weighted by Crippen LogP contribution is 2.34. The van der Waals surface area contributed by atoms with Gasteiger partial charge in [0.2, 0.25) is 0 Å². The first-order valence-corrected chi connectivity index (χ1v) is 19.6. The predicted molar refractivity (Wildman–Crippen MR) is 220 cm³/mol. The molecule has 0 radical (unpaired) electrons. The van der Waals surface area contributed by atoms with Crippen molar-refractivity contribution in [1.29, 1.82) is 0 Å². The molecule has 2 aromatic carbocycles. The Hall–Kier alpha value is -5.78. The molecule has 0 saturated heterocycles. The number of hydrogen-bond donors (Lipinski definition) is 0. The van der Waals surface area contributed by atoms with Gasteiger partial charge in [-0.05, 0) is 93.7 Å². The van der Waals surface area contributed by atoms with Crippen molar-refractivity contribution >= 4 is 68.2 Å². The molecule has 8 aromatic heterocycles. The van der Waals surface area contributed by atoms with Crippen LogP contribution in [0.3, 0.4) is 0 Å². The second-order valence-corrected chi connectivity index (χ2v) is 15.4. The van der Waals surface area contributed by atoms with Crippen LogP contribution in [0.25, 0.3) is 56.9 Å². The van der Waals surface area contributed by atoms with Crippen LogP contribution in [-0.4, -0.2) is 58.4 Å². The lowest BCUT2D eigenvalue weighted by Gasteiger charge is -2.07. The van der Waals surface area contributed by atoms with Crippen molar-refractivity contribution in [3.8, 4) is 33.9 Å². The first kappa shape index (κ1) is 39.1. The van der Waals surface area contributed by atoms with E-state index in [1.807, 2.05) is 48.6 Å². The van der Waals surface area contributed by atoms with Gasteiger partial charge >= 0.3 is 11.7 Å². The van der Waals surface area contributed by atoms with Crippen LogP contribution in [0, 0.1) is 30.7 Å². The van der Waals surface area contributed by atoms with Crippen molar-refractivity contribution in [3.05, 3.63) is 128 Å². The molecule has 0 N–H and O–H groups in total. The van der Waals surface area contributed by atoms with Gasteiger partial charge < -0.3 is 8.83 Å². The minimum absolute atomic E-state index is 0.117. The third-order valence-electron chi connectivity index (χ3n) is 8.66. The average Bonchev–Trinajstić information content (AvgIpc) is 4.03. The molecule has 0 aliphatic heterocycles. The molecule has 0 unspecified atom stereocenters. The number of imidazole rings is 2. The molecule has 0 aliphatic rings. The molecule has 14 nitrogen and oxygen atoms in total. The van der Waals surface area contributed by atoms with Crippen LogP contribution in [0.4, 0.5) is 17.6 Å². The summed E-state index contributed by atoms with van der Waals surface area (Å²) in [6.07, 6.45) is 6.34. The minimum atomic E-state index is -0.713. The van der Waals surface area contributed by atoms with E-state index >= 15 is 0 Å². The monoisotopic (exact) mass is 1010 g/mol. The van der Waals surface area contributed by atoms with E-state index in [-0.39, 0.29) is 22.9 Å². The summed E-state index contributed by atoms with van der Waals surface area (Å²) >= 11 is 4.22. The molecule has 0 amide bonds. The van der Waals surface area contributed by atoms with Crippen LogP contribution in [0.1, 0.15) is 51.2 Å². The Balaban J connectivity index is 0.000000133. The van der Waals surface area contributed by atoms with Crippen molar-refractivity contribution in [1.82, 2.24) is 58.4 Å². The van der Waals surface area contributed by atoms with Crippen LogP contribution in [0.5, 0.6) is 0 Å². The molecule has 20 heteroatoms. The predicted octanol–water partition coefficient (Wildman–Crippen LogP) is 9.43. The fourth-order valence-corrected chi connectivity index (χ4v) is 7.12. The lowest BCUT2D eigenvalue weighted by molar-refractivity contribution is 0.584. The van der Waals surface area contributed by atoms with Gasteiger partial charge in [0.15, 0.2) is 22.9 Å². The van der Waals surface area contributed by atoms with Crippen molar-refractivity contribution < 1.29 is 26.4 Å². The van der Waals surface area contributed by atoms with E-state index in [9.17, 15) is 17.6 Å². The first-order valence-electron chi connectivity index (χ1n) is 17.5. The number of hydrogen-bond acceptors (Lipinski definition) is 10. The molecular weight excluding hydrogens is 986 g/mol. The molecule has 0 aliphatic carbocycles. The zero-order chi connectivity index (χ0) is 40.8.